The van der Waals surface area contributed by atoms with Crippen molar-refractivity contribution in [1.82, 2.24) is 5.32 Å². The number of hydrogen-bond donors (Lipinski definition) is 1. The lowest BCUT2D eigenvalue weighted by Crippen LogP contribution is -2.13. The molecule has 0 radical (unpaired) electrons. The summed E-state index contributed by atoms with van der Waals surface area (Å²) in [5, 5.41) is 2.83. The first-order valence-corrected chi connectivity index (χ1v) is 5.24. The SMILES string of the molecule is O=C1C[C@@H](c2ccc(CCl)cc2)CN1. The Labute approximate surface area is 88.3 Å². The van der Waals surface area contributed by atoms with Gasteiger partial charge in [0.2, 0.25) is 5.91 Å². The van der Waals surface area contributed by atoms with Gasteiger partial charge in [-0.05, 0) is 11.1 Å². The summed E-state index contributed by atoms with van der Waals surface area (Å²) in [4.78, 5) is 11.0. The number of hydrogen-bond acceptors (Lipinski definition) is 1. The van der Waals surface area contributed by atoms with Crippen LogP contribution in [0.4, 0.5) is 0 Å². The molecule has 0 unspecified atom stereocenters. The standard InChI is InChI=1S/C11H12ClNO/c12-6-8-1-3-9(4-2-8)10-5-11(14)13-7-10/h1-4,10H,5-7H2,(H,13,14)/t10-/m1/s1. The average molecular weight is 210 g/mol. The maximum absolute atomic E-state index is 11.0. The Morgan fingerprint density at radius 2 is 2.07 bits per heavy atom. The molecule has 3 heteroatoms. The van der Waals surface area contributed by atoms with E-state index in [1.165, 1.54) is 5.56 Å². The van der Waals surface area contributed by atoms with Gasteiger partial charge in [0.05, 0.1) is 0 Å². The highest BCUT2D eigenvalue weighted by molar-refractivity contribution is 6.17. The minimum absolute atomic E-state index is 0.149. The normalized spacial score (nSPS) is 20.9. The molecule has 2 nitrogen and oxygen atoms in total. The number of carbonyl (C=O) groups excluding carboxylic acids is 1. The Balaban J connectivity index is 2.13. The number of amides is 1. The van der Waals surface area contributed by atoms with E-state index < -0.39 is 0 Å². The van der Waals surface area contributed by atoms with Crippen LogP contribution in [0.25, 0.3) is 0 Å². The number of nitrogens with one attached hydrogen (secondary N) is 1. The van der Waals surface area contributed by atoms with Gasteiger partial charge in [-0.25, -0.2) is 0 Å². The fourth-order valence-electron chi connectivity index (χ4n) is 1.72. The van der Waals surface area contributed by atoms with E-state index in [9.17, 15) is 4.79 Å². The summed E-state index contributed by atoms with van der Waals surface area (Å²) in [6.45, 7) is 0.763. The van der Waals surface area contributed by atoms with Crippen LogP contribution in [0.1, 0.15) is 23.5 Å². The lowest BCUT2D eigenvalue weighted by molar-refractivity contribution is -0.119. The number of benzene rings is 1. The summed E-state index contributed by atoms with van der Waals surface area (Å²) < 4.78 is 0. The zero-order valence-corrected chi connectivity index (χ0v) is 8.55. The van der Waals surface area contributed by atoms with Crippen LogP contribution in [-0.2, 0) is 10.7 Å². The van der Waals surface area contributed by atoms with Crippen molar-refractivity contribution in [2.24, 2.45) is 0 Å². The number of alkyl halides is 1. The Bertz CT molecular complexity index is 334. The van der Waals surface area contributed by atoms with Gasteiger partial charge in [-0.1, -0.05) is 24.3 Å². The van der Waals surface area contributed by atoms with Crippen LogP contribution in [0, 0.1) is 0 Å². The summed E-state index contributed by atoms with van der Waals surface area (Å²) in [6, 6.07) is 8.15. The van der Waals surface area contributed by atoms with E-state index in [-0.39, 0.29) is 5.91 Å². The van der Waals surface area contributed by atoms with Gasteiger partial charge in [-0.2, -0.15) is 0 Å². The molecular weight excluding hydrogens is 198 g/mol. The highest BCUT2D eigenvalue weighted by atomic mass is 35.5. The van der Waals surface area contributed by atoms with Crippen LogP contribution in [0.15, 0.2) is 24.3 Å². The Morgan fingerprint density at radius 3 is 2.57 bits per heavy atom. The van der Waals surface area contributed by atoms with Gasteiger partial charge in [-0.15, -0.1) is 11.6 Å². The van der Waals surface area contributed by atoms with E-state index in [1.807, 2.05) is 12.1 Å². The molecule has 1 aliphatic rings. The molecule has 0 spiro atoms. The van der Waals surface area contributed by atoms with Gasteiger partial charge in [0, 0.05) is 24.8 Å². The molecule has 1 N–H and O–H groups in total. The minimum Gasteiger partial charge on any atom is -0.355 e. The molecule has 1 amide bonds. The van der Waals surface area contributed by atoms with Gasteiger partial charge in [0.15, 0.2) is 0 Å². The summed E-state index contributed by atoms with van der Waals surface area (Å²) in [5.41, 5.74) is 2.34. The van der Waals surface area contributed by atoms with Gasteiger partial charge in [0.1, 0.15) is 0 Å². The Hall–Kier alpha value is -1.02. The lowest BCUT2D eigenvalue weighted by atomic mass is 9.97. The van der Waals surface area contributed by atoms with Crippen molar-refractivity contribution in [3.63, 3.8) is 0 Å². The summed E-state index contributed by atoms with van der Waals surface area (Å²) in [6.07, 6.45) is 0.611. The van der Waals surface area contributed by atoms with Crippen LogP contribution < -0.4 is 5.32 Å². The summed E-state index contributed by atoms with van der Waals surface area (Å²) >= 11 is 5.70. The second-order valence-corrected chi connectivity index (χ2v) is 3.85. The van der Waals surface area contributed by atoms with E-state index in [1.54, 1.807) is 0 Å². The van der Waals surface area contributed by atoms with Gasteiger partial charge in [-0.3, -0.25) is 4.79 Å². The molecule has 0 aromatic heterocycles. The molecule has 1 aromatic rings. The van der Waals surface area contributed by atoms with E-state index in [2.05, 4.69) is 17.4 Å². The smallest absolute Gasteiger partial charge is 0.220 e. The first kappa shape index (κ1) is 9.53. The zero-order valence-electron chi connectivity index (χ0n) is 7.79. The molecule has 1 aliphatic heterocycles. The molecule has 1 fully saturated rings. The fraction of sp³-hybridized carbons (Fsp3) is 0.364. The molecule has 0 saturated carbocycles. The molecular formula is C11H12ClNO. The maximum Gasteiger partial charge on any atom is 0.220 e. The highest BCUT2D eigenvalue weighted by Crippen LogP contribution is 2.23. The maximum atomic E-state index is 11.0. The van der Waals surface area contributed by atoms with Gasteiger partial charge < -0.3 is 5.32 Å². The molecule has 2 rings (SSSR count). The monoisotopic (exact) mass is 209 g/mol. The van der Waals surface area contributed by atoms with E-state index in [0.717, 1.165) is 12.1 Å². The van der Waals surface area contributed by atoms with E-state index >= 15 is 0 Å². The van der Waals surface area contributed by atoms with Crippen LogP contribution >= 0.6 is 11.6 Å². The van der Waals surface area contributed by atoms with Gasteiger partial charge >= 0.3 is 0 Å². The molecule has 14 heavy (non-hydrogen) atoms. The molecule has 1 atom stereocenters. The van der Waals surface area contributed by atoms with Crippen molar-refractivity contribution in [2.75, 3.05) is 6.54 Å². The predicted molar refractivity (Wildman–Crippen MR) is 56.4 cm³/mol. The average Bonchev–Trinajstić information content (AvgIpc) is 2.65. The van der Waals surface area contributed by atoms with E-state index in [4.69, 9.17) is 11.6 Å². The highest BCUT2D eigenvalue weighted by Gasteiger charge is 2.22. The molecule has 74 valence electrons. The first-order valence-electron chi connectivity index (χ1n) is 4.71. The van der Waals surface area contributed by atoms with Gasteiger partial charge in [0.25, 0.3) is 0 Å². The number of carbonyl (C=O) groups is 1. The van der Waals surface area contributed by atoms with Crippen LogP contribution in [-0.4, -0.2) is 12.5 Å². The second kappa shape index (κ2) is 4.01. The van der Waals surface area contributed by atoms with Crippen molar-refractivity contribution in [3.8, 4) is 0 Å². The third-order valence-electron chi connectivity index (χ3n) is 2.58. The third kappa shape index (κ3) is 1.90. The second-order valence-electron chi connectivity index (χ2n) is 3.58. The predicted octanol–water partition coefficient (Wildman–Crippen LogP) is 2.03. The molecule has 0 bridgehead atoms. The van der Waals surface area contributed by atoms with E-state index in [0.29, 0.717) is 18.2 Å². The largest absolute Gasteiger partial charge is 0.355 e. The molecule has 1 heterocycles. The lowest BCUT2D eigenvalue weighted by Gasteiger charge is -2.07. The Morgan fingerprint density at radius 1 is 1.36 bits per heavy atom. The van der Waals surface area contributed by atoms with Crippen molar-refractivity contribution in [3.05, 3.63) is 35.4 Å². The third-order valence-corrected chi connectivity index (χ3v) is 2.89. The molecule has 1 saturated heterocycles. The first-order chi connectivity index (χ1) is 6.79. The van der Waals surface area contributed by atoms with Crippen LogP contribution in [0.2, 0.25) is 0 Å². The zero-order chi connectivity index (χ0) is 9.97. The van der Waals surface area contributed by atoms with Crippen LogP contribution in [0.3, 0.4) is 0 Å². The van der Waals surface area contributed by atoms with Crippen LogP contribution in [0.5, 0.6) is 0 Å². The minimum atomic E-state index is 0.149. The number of rotatable bonds is 2. The van der Waals surface area contributed by atoms with Crippen molar-refractivity contribution in [2.45, 2.75) is 18.2 Å². The quantitative estimate of drug-likeness (QED) is 0.742. The topological polar surface area (TPSA) is 29.1 Å². The van der Waals surface area contributed by atoms with Crippen molar-refractivity contribution < 1.29 is 4.79 Å². The number of halogens is 1. The van der Waals surface area contributed by atoms with Crippen molar-refractivity contribution in [1.29, 1.82) is 0 Å². The fourth-order valence-corrected chi connectivity index (χ4v) is 1.90. The Kier molecular flexibility index (Phi) is 2.73. The molecule has 1 aromatic carbocycles. The van der Waals surface area contributed by atoms with Crippen molar-refractivity contribution >= 4 is 17.5 Å². The molecule has 0 aliphatic carbocycles. The summed E-state index contributed by atoms with van der Waals surface area (Å²) in [7, 11) is 0. The summed E-state index contributed by atoms with van der Waals surface area (Å²) in [5.74, 6) is 1.03.